The van der Waals surface area contributed by atoms with Gasteiger partial charge in [-0.05, 0) is 34.0 Å². The molecule has 4 heteroatoms. The van der Waals surface area contributed by atoms with Crippen LogP contribution in [0.1, 0.15) is 24.9 Å². The Morgan fingerprint density at radius 3 is 3.00 bits per heavy atom. The van der Waals surface area contributed by atoms with Crippen LogP contribution in [0.2, 0.25) is 5.15 Å². The molecule has 0 bridgehead atoms. The molecule has 0 fully saturated rings. The molecule has 66 valence electrons. The zero-order valence-electron chi connectivity index (χ0n) is 6.72. The van der Waals surface area contributed by atoms with E-state index in [1.165, 1.54) is 0 Å². The van der Waals surface area contributed by atoms with Crippen LogP contribution in [0, 0.1) is 0 Å². The minimum atomic E-state index is 0.0277. The van der Waals surface area contributed by atoms with Gasteiger partial charge in [-0.3, -0.25) is 0 Å². The van der Waals surface area contributed by atoms with Gasteiger partial charge >= 0.3 is 0 Å². The Morgan fingerprint density at radius 2 is 2.42 bits per heavy atom. The lowest BCUT2D eigenvalue weighted by molar-refractivity contribution is 0.694. The van der Waals surface area contributed by atoms with Crippen LogP contribution in [-0.2, 0) is 0 Å². The zero-order chi connectivity index (χ0) is 9.14. The van der Waals surface area contributed by atoms with Gasteiger partial charge in [-0.15, -0.1) is 0 Å². The fraction of sp³-hybridized carbons (Fsp3) is 0.375. The van der Waals surface area contributed by atoms with Crippen LogP contribution in [0.3, 0.4) is 0 Å². The van der Waals surface area contributed by atoms with Crippen LogP contribution in [0.15, 0.2) is 16.7 Å². The fourth-order valence-corrected chi connectivity index (χ4v) is 1.63. The molecule has 0 radical (unpaired) electrons. The molecule has 2 nitrogen and oxygen atoms in total. The number of nitrogens with zero attached hydrogens (tertiary/aromatic N) is 1. The molecule has 0 amide bonds. The Morgan fingerprint density at radius 1 is 1.75 bits per heavy atom. The van der Waals surface area contributed by atoms with Crippen molar-refractivity contribution in [2.75, 3.05) is 0 Å². The van der Waals surface area contributed by atoms with Gasteiger partial charge in [-0.1, -0.05) is 18.5 Å². The Balaban J connectivity index is 3.07. The van der Waals surface area contributed by atoms with E-state index in [2.05, 4.69) is 20.9 Å². The highest BCUT2D eigenvalue weighted by Crippen LogP contribution is 2.28. The number of rotatable bonds is 2. The molecule has 1 atom stereocenters. The first-order chi connectivity index (χ1) is 5.66. The van der Waals surface area contributed by atoms with E-state index in [-0.39, 0.29) is 6.04 Å². The molecule has 1 aromatic rings. The highest BCUT2D eigenvalue weighted by Gasteiger charge is 2.10. The van der Waals surface area contributed by atoms with Crippen LogP contribution < -0.4 is 5.73 Å². The molecule has 0 aliphatic heterocycles. The minimum absolute atomic E-state index is 0.0277. The summed E-state index contributed by atoms with van der Waals surface area (Å²) in [5.74, 6) is 0. The second kappa shape index (κ2) is 4.21. The summed E-state index contributed by atoms with van der Waals surface area (Å²) < 4.78 is 0.806. The maximum Gasteiger partial charge on any atom is 0.143 e. The van der Waals surface area contributed by atoms with Gasteiger partial charge in [0.15, 0.2) is 0 Å². The van der Waals surface area contributed by atoms with Gasteiger partial charge in [-0.2, -0.15) is 0 Å². The second-order valence-electron chi connectivity index (χ2n) is 2.52. The van der Waals surface area contributed by atoms with Crippen molar-refractivity contribution in [3.05, 3.63) is 27.5 Å². The topological polar surface area (TPSA) is 38.9 Å². The monoisotopic (exact) mass is 248 g/mol. The number of hydrogen-bond donors (Lipinski definition) is 1. The summed E-state index contributed by atoms with van der Waals surface area (Å²) in [5, 5.41) is 0.469. The summed E-state index contributed by atoms with van der Waals surface area (Å²) >= 11 is 9.15. The first kappa shape index (κ1) is 9.96. The van der Waals surface area contributed by atoms with E-state index >= 15 is 0 Å². The van der Waals surface area contributed by atoms with E-state index in [0.29, 0.717) is 5.15 Å². The molecule has 0 spiro atoms. The molecule has 0 unspecified atom stereocenters. The second-order valence-corrected chi connectivity index (χ2v) is 3.67. The molecule has 1 heterocycles. The number of nitrogens with two attached hydrogens (primary N) is 1. The molecule has 0 saturated heterocycles. The summed E-state index contributed by atoms with van der Waals surface area (Å²) in [6.07, 6.45) is 2.55. The molecule has 0 aliphatic rings. The van der Waals surface area contributed by atoms with E-state index in [1.807, 2.05) is 13.0 Å². The lowest BCUT2D eigenvalue weighted by Crippen LogP contribution is -2.09. The quantitative estimate of drug-likeness (QED) is 0.819. The van der Waals surface area contributed by atoms with Gasteiger partial charge in [0.2, 0.25) is 0 Å². The van der Waals surface area contributed by atoms with E-state index in [1.54, 1.807) is 6.20 Å². The first-order valence-corrected chi connectivity index (χ1v) is 4.89. The number of aromatic nitrogens is 1. The van der Waals surface area contributed by atoms with Crippen molar-refractivity contribution >= 4 is 27.5 Å². The molecule has 1 aromatic heterocycles. The highest BCUT2D eigenvalue weighted by atomic mass is 79.9. The van der Waals surface area contributed by atoms with Crippen molar-refractivity contribution in [1.82, 2.24) is 4.98 Å². The number of halogens is 2. The van der Waals surface area contributed by atoms with Crippen molar-refractivity contribution in [2.45, 2.75) is 19.4 Å². The van der Waals surface area contributed by atoms with Crippen molar-refractivity contribution in [1.29, 1.82) is 0 Å². The van der Waals surface area contributed by atoms with Crippen molar-refractivity contribution in [3.63, 3.8) is 0 Å². The molecule has 2 N–H and O–H groups in total. The van der Waals surface area contributed by atoms with Crippen LogP contribution >= 0.6 is 27.5 Å². The normalized spacial score (nSPS) is 13.0. The molecular weight excluding hydrogens is 239 g/mol. The molecular formula is C8H10BrClN2. The van der Waals surface area contributed by atoms with Crippen molar-refractivity contribution in [2.24, 2.45) is 5.73 Å². The predicted molar refractivity (Wildman–Crippen MR) is 54.2 cm³/mol. The van der Waals surface area contributed by atoms with Gasteiger partial charge < -0.3 is 5.73 Å². The van der Waals surface area contributed by atoms with Crippen LogP contribution in [0.25, 0.3) is 0 Å². The van der Waals surface area contributed by atoms with Crippen LogP contribution in [-0.4, -0.2) is 4.98 Å². The summed E-state index contributed by atoms with van der Waals surface area (Å²) in [4.78, 5) is 3.92. The zero-order valence-corrected chi connectivity index (χ0v) is 9.06. The maximum absolute atomic E-state index is 5.85. The van der Waals surface area contributed by atoms with E-state index in [9.17, 15) is 0 Å². The van der Waals surface area contributed by atoms with E-state index in [0.717, 1.165) is 16.5 Å². The average Bonchev–Trinajstić information content (AvgIpc) is 2.08. The molecule has 1 rings (SSSR count). The van der Waals surface area contributed by atoms with Gasteiger partial charge in [0.1, 0.15) is 5.15 Å². The van der Waals surface area contributed by atoms with Gasteiger partial charge in [0, 0.05) is 12.2 Å². The largest absolute Gasteiger partial charge is 0.324 e. The average molecular weight is 250 g/mol. The van der Waals surface area contributed by atoms with Gasteiger partial charge in [-0.25, -0.2) is 4.98 Å². The van der Waals surface area contributed by atoms with Gasteiger partial charge in [0.05, 0.1) is 4.47 Å². The number of pyridine rings is 1. The fourth-order valence-electron chi connectivity index (χ4n) is 0.938. The highest BCUT2D eigenvalue weighted by molar-refractivity contribution is 9.10. The third-order valence-corrected chi connectivity index (χ3v) is 3.06. The lowest BCUT2D eigenvalue weighted by atomic mass is 10.1. The summed E-state index contributed by atoms with van der Waals surface area (Å²) in [6, 6.07) is 1.91. The summed E-state index contributed by atoms with van der Waals surface area (Å²) in [5.41, 5.74) is 6.86. The number of hydrogen-bond acceptors (Lipinski definition) is 2. The minimum Gasteiger partial charge on any atom is -0.324 e. The molecule has 0 aromatic carbocycles. The Hall–Kier alpha value is -0.120. The lowest BCUT2D eigenvalue weighted by Gasteiger charge is -2.11. The third kappa shape index (κ3) is 1.97. The molecule has 0 saturated carbocycles. The van der Waals surface area contributed by atoms with Gasteiger partial charge in [0.25, 0.3) is 0 Å². The molecule has 0 aliphatic carbocycles. The first-order valence-electron chi connectivity index (χ1n) is 3.72. The van der Waals surface area contributed by atoms with Crippen LogP contribution in [0.4, 0.5) is 0 Å². The van der Waals surface area contributed by atoms with E-state index in [4.69, 9.17) is 17.3 Å². The maximum atomic E-state index is 5.85. The smallest absolute Gasteiger partial charge is 0.143 e. The Labute approximate surface area is 85.3 Å². The summed E-state index contributed by atoms with van der Waals surface area (Å²) in [7, 11) is 0. The predicted octanol–water partition coefficient (Wildman–Crippen LogP) is 2.91. The Kier molecular flexibility index (Phi) is 3.50. The molecule has 12 heavy (non-hydrogen) atoms. The third-order valence-electron chi connectivity index (χ3n) is 1.72. The Bertz CT molecular complexity index is 278. The SMILES string of the molecule is CC[C@H](N)c1ccnc(Cl)c1Br. The summed E-state index contributed by atoms with van der Waals surface area (Å²) in [6.45, 7) is 2.03. The van der Waals surface area contributed by atoms with Crippen LogP contribution in [0.5, 0.6) is 0 Å². The standard InChI is InChI=1S/C8H10BrClN2/c1-2-6(11)5-3-4-12-8(10)7(5)9/h3-4,6H,2,11H2,1H3/t6-/m0/s1. The van der Waals surface area contributed by atoms with Crippen molar-refractivity contribution < 1.29 is 0 Å². The van der Waals surface area contributed by atoms with Crippen molar-refractivity contribution in [3.8, 4) is 0 Å². The van der Waals surface area contributed by atoms with E-state index < -0.39 is 0 Å².